The number of nitrogens with one attached hydrogen (secondary N) is 1. The molecular formula is C17H10ClF6N2. The Labute approximate surface area is 149 Å². The van der Waals surface area contributed by atoms with Gasteiger partial charge < -0.3 is 0 Å². The number of rotatable bonds is 2. The lowest BCUT2D eigenvalue weighted by atomic mass is 10.0. The van der Waals surface area contributed by atoms with Crippen LogP contribution in [-0.4, -0.2) is 11.2 Å². The van der Waals surface area contributed by atoms with Crippen LogP contribution in [0.4, 0.5) is 32.0 Å². The minimum absolute atomic E-state index is 0.0632. The summed E-state index contributed by atoms with van der Waals surface area (Å²) in [7, 11) is 0. The van der Waals surface area contributed by atoms with Gasteiger partial charge in [0.15, 0.2) is 22.4 Å². The summed E-state index contributed by atoms with van der Waals surface area (Å²) >= 11 is 6.14. The van der Waals surface area contributed by atoms with Crippen molar-refractivity contribution in [1.29, 1.82) is 0 Å². The fourth-order valence-corrected chi connectivity index (χ4v) is 2.80. The van der Waals surface area contributed by atoms with Crippen molar-refractivity contribution in [2.75, 3.05) is 5.01 Å². The Morgan fingerprint density at radius 2 is 1.65 bits per heavy atom. The Balaban J connectivity index is 2.10. The van der Waals surface area contributed by atoms with Crippen molar-refractivity contribution in [1.82, 2.24) is 5.43 Å². The van der Waals surface area contributed by atoms with Gasteiger partial charge in [0.05, 0.1) is 5.69 Å². The van der Waals surface area contributed by atoms with Crippen LogP contribution in [-0.2, 0) is 0 Å². The summed E-state index contributed by atoms with van der Waals surface area (Å²) in [6, 6.07) is 7.35. The van der Waals surface area contributed by atoms with Crippen molar-refractivity contribution < 1.29 is 26.3 Å². The van der Waals surface area contributed by atoms with E-state index in [1.807, 2.05) is 0 Å². The molecule has 2 aromatic carbocycles. The van der Waals surface area contributed by atoms with Crippen molar-refractivity contribution in [2.24, 2.45) is 0 Å². The monoisotopic (exact) mass is 391 g/mol. The van der Waals surface area contributed by atoms with Gasteiger partial charge in [0.2, 0.25) is 0 Å². The van der Waals surface area contributed by atoms with Crippen LogP contribution in [0.3, 0.4) is 0 Å². The van der Waals surface area contributed by atoms with Gasteiger partial charge in [0, 0.05) is 11.6 Å². The number of hydrazine groups is 1. The second-order valence-electron chi connectivity index (χ2n) is 5.67. The van der Waals surface area contributed by atoms with Gasteiger partial charge in [0.25, 0.3) is 0 Å². The summed E-state index contributed by atoms with van der Waals surface area (Å²) in [5, 5.41) is 0.964. The van der Waals surface area contributed by atoms with Gasteiger partial charge in [-0.3, -0.25) is 10.4 Å². The number of para-hydroxylation sites is 1. The highest BCUT2D eigenvalue weighted by Crippen LogP contribution is 2.41. The molecule has 0 bridgehead atoms. The number of hydrogen-bond donors (Lipinski definition) is 1. The minimum atomic E-state index is -4.71. The first kappa shape index (κ1) is 18.4. The van der Waals surface area contributed by atoms with Crippen LogP contribution < -0.4 is 10.4 Å². The lowest BCUT2D eigenvalue weighted by molar-refractivity contribution is -0.0962. The predicted molar refractivity (Wildman–Crippen MR) is 84.4 cm³/mol. The molecule has 1 aliphatic heterocycles. The first-order valence-electron chi connectivity index (χ1n) is 7.23. The average molecular weight is 392 g/mol. The van der Waals surface area contributed by atoms with Crippen molar-refractivity contribution in [3.05, 3.63) is 65.6 Å². The maximum Gasteiger partial charge on any atom is 0.433 e. The normalized spacial score (nSPS) is 20.2. The van der Waals surface area contributed by atoms with Crippen molar-refractivity contribution in [2.45, 2.75) is 18.1 Å². The second kappa shape index (κ2) is 6.12. The van der Waals surface area contributed by atoms with Gasteiger partial charge >= 0.3 is 6.18 Å². The SMILES string of the molecule is CC1(Cl)[C]=C(C(F)(F)F)NN1c1ccccc1-c1cc(F)c(F)c(F)c1. The third kappa shape index (κ3) is 3.21. The van der Waals surface area contributed by atoms with Gasteiger partial charge in [-0.05, 0) is 30.7 Å². The molecule has 26 heavy (non-hydrogen) atoms. The van der Waals surface area contributed by atoms with E-state index in [0.717, 1.165) is 17.1 Å². The maximum atomic E-state index is 13.6. The van der Waals surface area contributed by atoms with Crippen molar-refractivity contribution >= 4 is 17.3 Å². The highest BCUT2D eigenvalue weighted by molar-refractivity contribution is 6.26. The van der Waals surface area contributed by atoms with Crippen LogP contribution in [0.25, 0.3) is 11.1 Å². The molecule has 137 valence electrons. The zero-order valence-electron chi connectivity index (χ0n) is 13.1. The standard InChI is InChI=1S/C17H10ClF6N2/c1-16(18)8-14(17(22,23)24)25-26(16)13-5-3-2-4-10(13)9-6-11(19)15(21)12(20)7-9/h2-7,25H,1H3. The molecule has 9 heteroatoms. The summed E-state index contributed by atoms with van der Waals surface area (Å²) in [5.74, 6) is -4.47. The van der Waals surface area contributed by atoms with E-state index in [1.54, 1.807) is 0 Å². The Bertz CT molecular complexity index is 868. The maximum absolute atomic E-state index is 13.6. The fraction of sp³-hybridized carbons (Fsp3) is 0.176. The van der Waals surface area contributed by atoms with Gasteiger partial charge in [-0.15, -0.1) is 0 Å². The smallest absolute Gasteiger partial charge is 0.292 e. The topological polar surface area (TPSA) is 15.3 Å². The summed E-state index contributed by atoms with van der Waals surface area (Å²) < 4.78 is 79.3. The van der Waals surface area contributed by atoms with Gasteiger partial charge in [-0.1, -0.05) is 29.8 Å². The molecule has 1 unspecified atom stereocenters. The molecule has 1 aliphatic rings. The van der Waals surface area contributed by atoms with Crippen LogP contribution in [0, 0.1) is 23.5 Å². The molecule has 0 saturated carbocycles. The Hall–Kier alpha value is -2.35. The molecule has 0 saturated heterocycles. The Kier molecular flexibility index (Phi) is 4.34. The molecule has 0 amide bonds. The first-order valence-corrected chi connectivity index (χ1v) is 7.60. The van der Waals surface area contributed by atoms with Crippen LogP contribution in [0.15, 0.2) is 42.1 Å². The number of benzene rings is 2. The van der Waals surface area contributed by atoms with E-state index in [9.17, 15) is 26.3 Å². The number of nitrogens with zero attached hydrogens (tertiary/aromatic N) is 1. The molecule has 0 spiro atoms. The minimum Gasteiger partial charge on any atom is -0.292 e. The quantitative estimate of drug-likeness (QED) is 0.323. The fourth-order valence-electron chi connectivity index (χ4n) is 2.57. The molecule has 1 atom stereocenters. The predicted octanol–water partition coefficient (Wildman–Crippen LogP) is 5.30. The zero-order valence-corrected chi connectivity index (χ0v) is 13.8. The van der Waals surface area contributed by atoms with Crippen molar-refractivity contribution in [3.63, 3.8) is 0 Å². The Morgan fingerprint density at radius 1 is 1.08 bits per heavy atom. The number of halogens is 7. The second-order valence-corrected chi connectivity index (χ2v) is 6.41. The van der Waals surface area contributed by atoms with Gasteiger partial charge in [-0.2, -0.15) is 13.2 Å². The van der Waals surface area contributed by atoms with Crippen LogP contribution >= 0.6 is 11.6 Å². The molecule has 1 N–H and O–H groups in total. The van der Waals surface area contributed by atoms with E-state index in [1.165, 1.54) is 31.2 Å². The van der Waals surface area contributed by atoms with Gasteiger partial charge in [-0.25, -0.2) is 13.2 Å². The molecule has 0 aliphatic carbocycles. The third-order valence-corrected chi connectivity index (χ3v) is 3.98. The summed E-state index contributed by atoms with van der Waals surface area (Å²) in [4.78, 5) is -1.72. The average Bonchev–Trinajstić information content (AvgIpc) is 2.87. The molecule has 1 heterocycles. The van der Waals surface area contributed by atoms with Gasteiger partial charge in [0.1, 0.15) is 5.70 Å². The van der Waals surface area contributed by atoms with E-state index in [4.69, 9.17) is 11.6 Å². The molecule has 2 nitrogen and oxygen atoms in total. The van der Waals surface area contributed by atoms with Crippen LogP contribution in [0.5, 0.6) is 0 Å². The number of allylic oxidation sites excluding steroid dienone is 1. The third-order valence-electron chi connectivity index (χ3n) is 3.72. The molecule has 1 radical (unpaired) electrons. The lowest BCUT2D eigenvalue weighted by Gasteiger charge is -2.32. The summed E-state index contributed by atoms with van der Waals surface area (Å²) in [5.41, 5.74) is 1.10. The molecule has 3 rings (SSSR count). The van der Waals surface area contributed by atoms with E-state index < -0.39 is 34.3 Å². The number of hydrogen-bond acceptors (Lipinski definition) is 2. The molecule has 2 aromatic rings. The number of anilines is 1. The van der Waals surface area contributed by atoms with E-state index in [-0.39, 0.29) is 16.8 Å². The highest BCUT2D eigenvalue weighted by Gasteiger charge is 2.46. The number of alkyl halides is 4. The molecule has 0 aromatic heterocycles. The largest absolute Gasteiger partial charge is 0.433 e. The zero-order chi connectivity index (χ0) is 19.3. The summed E-state index contributed by atoms with van der Waals surface area (Å²) in [6.07, 6.45) is -2.62. The van der Waals surface area contributed by atoms with E-state index in [0.29, 0.717) is 0 Å². The van der Waals surface area contributed by atoms with E-state index >= 15 is 0 Å². The molecular weight excluding hydrogens is 382 g/mol. The molecule has 0 fully saturated rings. The van der Waals surface area contributed by atoms with E-state index in [2.05, 4.69) is 11.5 Å². The van der Waals surface area contributed by atoms with Crippen LogP contribution in [0.2, 0.25) is 0 Å². The van der Waals surface area contributed by atoms with Crippen LogP contribution in [0.1, 0.15) is 6.92 Å². The Morgan fingerprint density at radius 3 is 2.19 bits per heavy atom. The van der Waals surface area contributed by atoms with Crippen molar-refractivity contribution in [3.8, 4) is 11.1 Å². The highest BCUT2D eigenvalue weighted by atomic mass is 35.5. The first-order chi connectivity index (χ1) is 12.0. The lowest BCUT2D eigenvalue weighted by Crippen LogP contribution is -2.45. The summed E-state index contributed by atoms with van der Waals surface area (Å²) in [6.45, 7) is 1.27.